The molecule has 0 saturated heterocycles. The molecule has 27 heavy (non-hydrogen) atoms. The third kappa shape index (κ3) is 3.32. The smallest absolute Gasteiger partial charge is 0.126 e. The summed E-state index contributed by atoms with van der Waals surface area (Å²) in [5.41, 5.74) is 7.17. The topological polar surface area (TPSA) is 25.8 Å². The number of nitrogens with zero attached hydrogens (tertiary/aromatic N) is 2. The Labute approximate surface area is 161 Å². The van der Waals surface area contributed by atoms with Crippen molar-refractivity contribution in [3.63, 3.8) is 0 Å². The van der Waals surface area contributed by atoms with Crippen molar-refractivity contribution < 1.29 is 0 Å². The predicted molar refractivity (Wildman–Crippen MR) is 115 cm³/mol. The van der Waals surface area contributed by atoms with Crippen LogP contribution in [-0.4, -0.2) is 9.97 Å². The molecule has 0 saturated carbocycles. The van der Waals surface area contributed by atoms with Crippen molar-refractivity contribution in [3.05, 3.63) is 71.0 Å². The fourth-order valence-electron chi connectivity index (χ4n) is 4.09. The molecule has 0 radical (unpaired) electrons. The van der Waals surface area contributed by atoms with Crippen LogP contribution in [-0.2, 0) is 6.42 Å². The summed E-state index contributed by atoms with van der Waals surface area (Å²) in [6.45, 7) is 10.8. The quantitative estimate of drug-likeness (QED) is 0.389. The number of hydrogen-bond acceptors (Lipinski definition) is 2. The van der Waals surface area contributed by atoms with Crippen LogP contribution < -0.4 is 0 Å². The molecule has 4 rings (SSSR count). The Balaban J connectivity index is 2.09. The van der Waals surface area contributed by atoms with Crippen molar-refractivity contribution in [3.8, 4) is 11.3 Å². The van der Waals surface area contributed by atoms with Gasteiger partial charge in [-0.3, -0.25) is 0 Å². The van der Waals surface area contributed by atoms with Gasteiger partial charge in [-0.2, -0.15) is 0 Å². The van der Waals surface area contributed by atoms with Crippen LogP contribution in [0.1, 0.15) is 36.4 Å². The van der Waals surface area contributed by atoms with Gasteiger partial charge in [-0.25, -0.2) is 9.97 Å². The van der Waals surface area contributed by atoms with Crippen molar-refractivity contribution in [1.82, 2.24) is 9.97 Å². The second kappa shape index (κ2) is 6.77. The SMILES string of the molecule is Cc1cc(C)cc(-c2nc(C)nc3c2ccc2cccc(CC(C)C)c23)c1. The molecule has 0 fully saturated rings. The lowest BCUT2D eigenvalue weighted by molar-refractivity contribution is 0.650. The van der Waals surface area contributed by atoms with E-state index in [9.17, 15) is 0 Å². The Kier molecular flexibility index (Phi) is 4.43. The molecule has 136 valence electrons. The highest BCUT2D eigenvalue weighted by Crippen LogP contribution is 2.34. The highest BCUT2D eigenvalue weighted by molar-refractivity contribution is 6.10. The van der Waals surface area contributed by atoms with Crippen molar-refractivity contribution >= 4 is 21.7 Å². The van der Waals surface area contributed by atoms with Gasteiger partial charge in [-0.05, 0) is 62.3 Å². The lowest BCUT2D eigenvalue weighted by Gasteiger charge is -2.14. The molecular weight excluding hydrogens is 328 g/mol. The minimum absolute atomic E-state index is 0.604. The van der Waals surface area contributed by atoms with E-state index in [1.807, 2.05) is 6.92 Å². The maximum atomic E-state index is 4.89. The van der Waals surface area contributed by atoms with Crippen molar-refractivity contribution in [2.75, 3.05) is 0 Å². The van der Waals surface area contributed by atoms with Crippen LogP contribution in [0.25, 0.3) is 32.9 Å². The number of rotatable bonds is 3. The summed E-state index contributed by atoms with van der Waals surface area (Å²) in [6, 6.07) is 17.6. The Morgan fingerprint density at radius 3 is 2.30 bits per heavy atom. The van der Waals surface area contributed by atoms with Gasteiger partial charge < -0.3 is 0 Å². The van der Waals surface area contributed by atoms with Gasteiger partial charge in [0, 0.05) is 16.3 Å². The molecule has 0 amide bonds. The molecule has 0 atom stereocenters. The van der Waals surface area contributed by atoms with E-state index in [2.05, 4.69) is 76.2 Å². The Hall–Kier alpha value is -2.74. The zero-order valence-electron chi connectivity index (χ0n) is 16.8. The molecule has 2 heteroatoms. The zero-order chi connectivity index (χ0) is 19.1. The minimum Gasteiger partial charge on any atom is -0.233 e. The highest BCUT2D eigenvalue weighted by atomic mass is 14.9. The first-order valence-corrected chi connectivity index (χ1v) is 9.70. The number of aryl methyl sites for hydroxylation is 3. The molecule has 4 aromatic rings. The normalized spacial score (nSPS) is 11.6. The largest absolute Gasteiger partial charge is 0.233 e. The Morgan fingerprint density at radius 1 is 0.852 bits per heavy atom. The molecule has 1 heterocycles. The summed E-state index contributed by atoms with van der Waals surface area (Å²) < 4.78 is 0. The van der Waals surface area contributed by atoms with E-state index in [0.29, 0.717) is 5.92 Å². The maximum Gasteiger partial charge on any atom is 0.126 e. The monoisotopic (exact) mass is 354 g/mol. The van der Waals surface area contributed by atoms with Gasteiger partial charge >= 0.3 is 0 Å². The van der Waals surface area contributed by atoms with E-state index < -0.39 is 0 Å². The summed E-state index contributed by atoms with van der Waals surface area (Å²) in [6.07, 6.45) is 1.05. The molecule has 0 aliphatic carbocycles. The Morgan fingerprint density at radius 2 is 1.59 bits per heavy atom. The average molecular weight is 354 g/mol. The summed E-state index contributed by atoms with van der Waals surface area (Å²) in [7, 11) is 0. The van der Waals surface area contributed by atoms with Crippen LogP contribution in [0.2, 0.25) is 0 Å². The van der Waals surface area contributed by atoms with Gasteiger partial charge in [-0.15, -0.1) is 0 Å². The molecule has 0 aliphatic heterocycles. The predicted octanol–water partition coefficient (Wildman–Crippen LogP) is 6.57. The van der Waals surface area contributed by atoms with E-state index >= 15 is 0 Å². The number of hydrogen-bond donors (Lipinski definition) is 0. The third-order valence-electron chi connectivity index (χ3n) is 5.03. The minimum atomic E-state index is 0.604. The van der Waals surface area contributed by atoms with Gasteiger partial charge in [0.25, 0.3) is 0 Å². The highest BCUT2D eigenvalue weighted by Gasteiger charge is 2.14. The first-order valence-electron chi connectivity index (χ1n) is 9.70. The lowest BCUT2D eigenvalue weighted by atomic mass is 9.93. The van der Waals surface area contributed by atoms with E-state index in [0.717, 1.165) is 28.8 Å². The second-order valence-corrected chi connectivity index (χ2v) is 8.07. The van der Waals surface area contributed by atoms with Gasteiger partial charge in [0.15, 0.2) is 0 Å². The van der Waals surface area contributed by atoms with Crippen molar-refractivity contribution in [2.45, 2.75) is 41.0 Å². The van der Waals surface area contributed by atoms with Crippen molar-refractivity contribution in [2.24, 2.45) is 5.92 Å². The molecule has 2 nitrogen and oxygen atoms in total. The number of aromatic nitrogens is 2. The van der Waals surface area contributed by atoms with Gasteiger partial charge in [0.05, 0.1) is 11.2 Å². The second-order valence-electron chi connectivity index (χ2n) is 8.07. The molecule has 0 spiro atoms. The lowest BCUT2D eigenvalue weighted by Crippen LogP contribution is -1.99. The van der Waals surface area contributed by atoms with Crippen LogP contribution in [0, 0.1) is 26.7 Å². The number of fused-ring (bicyclic) bond motifs is 3. The van der Waals surface area contributed by atoms with Crippen LogP contribution in [0.3, 0.4) is 0 Å². The van der Waals surface area contributed by atoms with E-state index in [-0.39, 0.29) is 0 Å². The van der Waals surface area contributed by atoms with E-state index in [1.165, 1.54) is 33.0 Å². The maximum absolute atomic E-state index is 4.89. The van der Waals surface area contributed by atoms with Crippen LogP contribution in [0.15, 0.2) is 48.5 Å². The van der Waals surface area contributed by atoms with E-state index in [4.69, 9.17) is 9.97 Å². The van der Waals surface area contributed by atoms with Gasteiger partial charge in [0.2, 0.25) is 0 Å². The molecule has 0 unspecified atom stereocenters. The third-order valence-corrected chi connectivity index (χ3v) is 5.03. The molecule has 0 aliphatic rings. The molecule has 3 aromatic carbocycles. The van der Waals surface area contributed by atoms with E-state index in [1.54, 1.807) is 0 Å². The van der Waals surface area contributed by atoms with Crippen molar-refractivity contribution in [1.29, 1.82) is 0 Å². The Bertz CT molecular complexity index is 1140. The van der Waals surface area contributed by atoms with Gasteiger partial charge in [0.1, 0.15) is 5.82 Å². The molecule has 0 bridgehead atoms. The van der Waals surface area contributed by atoms with Gasteiger partial charge in [-0.1, -0.05) is 55.3 Å². The number of benzene rings is 3. The molecule has 1 aromatic heterocycles. The summed E-state index contributed by atoms with van der Waals surface area (Å²) in [5.74, 6) is 1.43. The zero-order valence-corrected chi connectivity index (χ0v) is 16.8. The summed E-state index contributed by atoms with van der Waals surface area (Å²) in [5, 5.41) is 3.67. The average Bonchev–Trinajstić information content (AvgIpc) is 2.59. The first kappa shape index (κ1) is 17.7. The summed E-state index contributed by atoms with van der Waals surface area (Å²) >= 11 is 0. The summed E-state index contributed by atoms with van der Waals surface area (Å²) in [4.78, 5) is 9.73. The first-order chi connectivity index (χ1) is 12.9. The fourth-order valence-corrected chi connectivity index (χ4v) is 4.09. The molecule has 0 N–H and O–H groups in total. The molecular formula is C25H26N2. The fraction of sp³-hybridized carbons (Fsp3) is 0.280. The van der Waals surface area contributed by atoms with Crippen LogP contribution in [0.4, 0.5) is 0 Å². The standard InChI is InChI=1S/C25H26N2/c1-15(2)11-20-8-6-7-19-9-10-22-24(21-13-16(3)12-17(4)14-21)26-18(5)27-25(22)23(19)20/h6-10,12-15H,11H2,1-5H3. The van der Waals surface area contributed by atoms with Crippen LogP contribution >= 0.6 is 0 Å². The van der Waals surface area contributed by atoms with Crippen LogP contribution in [0.5, 0.6) is 0 Å².